The molecule has 28 heavy (non-hydrogen) atoms. The van der Waals surface area contributed by atoms with Gasteiger partial charge in [0.25, 0.3) is 0 Å². The standard InChI is InChI=1S/C25H40O3/c1-16(7-10-21(27)28)17-8-9-18-22-19(11-14-24(17,18)3)25(4)13-6-5-12-23(25,2)15-20(22)26/h16-19,22H,5-15H2,1-4H3,(H,27,28)/t16-,17-,18?,19?,22+,23+,24-,25-/m1/s1. The van der Waals surface area contributed by atoms with E-state index in [9.17, 15) is 9.59 Å². The molecule has 3 heteroatoms. The van der Waals surface area contributed by atoms with Crippen LogP contribution < -0.4 is 0 Å². The number of carbonyl (C=O) groups excluding carboxylic acids is 1. The lowest BCUT2D eigenvalue weighted by Gasteiger charge is -2.64. The Kier molecular flexibility index (Phi) is 4.99. The van der Waals surface area contributed by atoms with Crippen LogP contribution in [0.15, 0.2) is 0 Å². The van der Waals surface area contributed by atoms with Gasteiger partial charge in [0, 0.05) is 18.8 Å². The normalized spacial score (nSPS) is 49.1. The topological polar surface area (TPSA) is 54.4 Å². The number of aliphatic carboxylic acids is 1. The molecule has 0 aliphatic heterocycles. The zero-order chi connectivity index (χ0) is 20.3. The van der Waals surface area contributed by atoms with E-state index in [4.69, 9.17) is 5.11 Å². The molecule has 0 bridgehead atoms. The molecule has 4 saturated carbocycles. The van der Waals surface area contributed by atoms with Crippen LogP contribution in [-0.4, -0.2) is 16.9 Å². The van der Waals surface area contributed by atoms with Crippen LogP contribution in [0.5, 0.6) is 0 Å². The summed E-state index contributed by atoms with van der Waals surface area (Å²) in [4.78, 5) is 24.6. The number of ketones is 1. The van der Waals surface area contributed by atoms with E-state index in [0.29, 0.717) is 34.9 Å². The van der Waals surface area contributed by atoms with E-state index in [1.807, 2.05) is 0 Å². The van der Waals surface area contributed by atoms with Crippen molar-refractivity contribution in [2.75, 3.05) is 0 Å². The number of carboxylic acid groups (broad SMARTS) is 1. The van der Waals surface area contributed by atoms with Gasteiger partial charge in [-0.2, -0.15) is 0 Å². The fraction of sp³-hybridized carbons (Fsp3) is 0.920. The van der Waals surface area contributed by atoms with Gasteiger partial charge in [0.15, 0.2) is 0 Å². The van der Waals surface area contributed by atoms with E-state index in [1.54, 1.807) is 0 Å². The van der Waals surface area contributed by atoms with Crippen molar-refractivity contribution in [3.8, 4) is 0 Å². The van der Waals surface area contributed by atoms with Gasteiger partial charge in [-0.25, -0.2) is 0 Å². The van der Waals surface area contributed by atoms with Crippen LogP contribution in [0, 0.1) is 45.8 Å². The molecule has 4 rings (SSSR count). The third-order valence-electron chi connectivity index (χ3n) is 10.7. The average molecular weight is 389 g/mol. The van der Waals surface area contributed by atoms with Crippen LogP contribution >= 0.6 is 0 Å². The maximum Gasteiger partial charge on any atom is 0.303 e. The summed E-state index contributed by atoms with van der Waals surface area (Å²) in [7, 11) is 0. The first-order valence-corrected chi connectivity index (χ1v) is 11.9. The van der Waals surface area contributed by atoms with Crippen molar-refractivity contribution < 1.29 is 14.7 Å². The highest BCUT2D eigenvalue weighted by Crippen LogP contribution is 2.70. The predicted molar refractivity (Wildman–Crippen MR) is 111 cm³/mol. The van der Waals surface area contributed by atoms with Gasteiger partial charge in [-0.15, -0.1) is 0 Å². The highest BCUT2D eigenvalue weighted by Gasteiger charge is 2.65. The molecule has 4 fully saturated rings. The zero-order valence-electron chi connectivity index (χ0n) is 18.4. The van der Waals surface area contributed by atoms with Gasteiger partial charge in [0.2, 0.25) is 0 Å². The van der Waals surface area contributed by atoms with Gasteiger partial charge in [0.05, 0.1) is 0 Å². The van der Waals surface area contributed by atoms with Gasteiger partial charge in [-0.1, -0.05) is 40.5 Å². The quantitative estimate of drug-likeness (QED) is 0.632. The van der Waals surface area contributed by atoms with Crippen LogP contribution in [0.25, 0.3) is 0 Å². The first-order valence-electron chi connectivity index (χ1n) is 11.9. The number of carboxylic acids is 1. The maximum atomic E-state index is 13.5. The number of rotatable bonds is 4. The molecular weight excluding hydrogens is 348 g/mol. The molecule has 0 aromatic heterocycles. The lowest BCUT2D eigenvalue weighted by atomic mass is 9.40. The number of hydrogen-bond donors (Lipinski definition) is 1. The Morgan fingerprint density at radius 1 is 1.07 bits per heavy atom. The lowest BCUT2D eigenvalue weighted by molar-refractivity contribution is -0.172. The fourth-order valence-electron chi connectivity index (χ4n) is 8.85. The Bertz CT molecular complexity index is 656. The second-order valence-electron chi connectivity index (χ2n) is 11.7. The van der Waals surface area contributed by atoms with E-state index in [2.05, 4.69) is 27.7 Å². The SMILES string of the molecule is C[C@H](CCC(=O)O)[C@H]1CCC2[C@@H]3C(=O)C[C@]4(C)CCCC[C@]4(C)C3CC[C@@]21C. The summed E-state index contributed by atoms with van der Waals surface area (Å²) in [6.07, 6.45) is 11.8. The Labute approximate surface area is 171 Å². The van der Waals surface area contributed by atoms with E-state index >= 15 is 0 Å². The molecule has 0 amide bonds. The van der Waals surface area contributed by atoms with Gasteiger partial charge >= 0.3 is 5.97 Å². The molecule has 0 spiro atoms. The molecule has 0 aromatic carbocycles. The van der Waals surface area contributed by atoms with Crippen LogP contribution in [0.3, 0.4) is 0 Å². The summed E-state index contributed by atoms with van der Waals surface area (Å²) in [5.41, 5.74) is 0.774. The fourth-order valence-corrected chi connectivity index (χ4v) is 8.85. The van der Waals surface area contributed by atoms with E-state index in [0.717, 1.165) is 12.8 Å². The average Bonchev–Trinajstić information content (AvgIpc) is 2.98. The van der Waals surface area contributed by atoms with E-state index in [-0.39, 0.29) is 23.2 Å². The van der Waals surface area contributed by atoms with Crippen molar-refractivity contribution in [2.45, 2.75) is 98.3 Å². The van der Waals surface area contributed by atoms with Crippen LogP contribution in [0.1, 0.15) is 98.3 Å². The van der Waals surface area contributed by atoms with Crippen LogP contribution in [-0.2, 0) is 9.59 Å². The van der Waals surface area contributed by atoms with Gasteiger partial charge in [0.1, 0.15) is 5.78 Å². The molecule has 8 atom stereocenters. The summed E-state index contributed by atoms with van der Waals surface area (Å²) in [5, 5.41) is 9.11. The Hall–Kier alpha value is -0.860. The predicted octanol–water partition coefficient (Wildman–Crippen LogP) is 6.11. The minimum Gasteiger partial charge on any atom is -0.481 e. The summed E-state index contributed by atoms with van der Waals surface area (Å²) in [6.45, 7) is 9.66. The lowest BCUT2D eigenvalue weighted by Crippen LogP contribution is -2.60. The van der Waals surface area contributed by atoms with Crippen molar-refractivity contribution in [1.82, 2.24) is 0 Å². The van der Waals surface area contributed by atoms with Crippen molar-refractivity contribution >= 4 is 11.8 Å². The molecule has 3 nitrogen and oxygen atoms in total. The van der Waals surface area contributed by atoms with Crippen molar-refractivity contribution in [2.24, 2.45) is 45.8 Å². The third kappa shape index (κ3) is 2.82. The number of fused-ring (bicyclic) bond motifs is 5. The summed E-state index contributed by atoms with van der Waals surface area (Å²) < 4.78 is 0. The molecular formula is C25H40O3. The summed E-state index contributed by atoms with van der Waals surface area (Å²) in [5.74, 6) is 2.29. The Balaban J connectivity index is 1.60. The smallest absolute Gasteiger partial charge is 0.303 e. The molecule has 0 radical (unpaired) electrons. The third-order valence-corrected chi connectivity index (χ3v) is 10.7. The molecule has 0 heterocycles. The van der Waals surface area contributed by atoms with Crippen molar-refractivity contribution in [1.29, 1.82) is 0 Å². The summed E-state index contributed by atoms with van der Waals surface area (Å²) in [6, 6.07) is 0. The summed E-state index contributed by atoms with van der Waals surface area (Å²) >= 11 is 0. The molecule has 158 valence electrons. The van der Waals surface area contributed by atoms with Gasteiger partial charge in [-0.3, -0.25) is 9.59 Å². The minimum atomic E-state index is -0.678. The van der Waals surface area contributed by atoms with Crippen LogP contribution in [0.2, 0.25) is 0 Å². The molecule has 4 aliphatic carbocycles. The number of hydrogen-bond acceptors (Lipinski definition) is 2. The highest BCUT2D eigenvalue weighted by molar-refractivity contribution is 5.84. The molecule has 0 saturated heterocycles. The van der Waals surface area contributed by atoms with E-state index < -0.39 is 5.97 Å². The number of carbonyl (C=O) groups is 2. The molecule has 1 N–H and O–H groups in total. The second-order valence-corrected chi connectivity index (χ2v) is 11.7. The molecule has 0 aromatic rings. The number of Topliss-reactive ketones (excluding diaryl/α,β-unsaturated/α-hetero) is 1. The maximum absolute atomic E-state index is 13.5. The Morgan fingerprint density at radius 3 is 2.50 bits per heavy atom. The second kappa shape index (κ2) is 6.84. The van der Waals surface area contributed by atoms with Crippen molar-refractivity contribution in [3.63, 3.8) is 0 Å². The van der Waals surface area contributed by atoms with Crippen LogP contribution in [0.4, 0.5) is 0 Å². The largest absolute Gasteiger partial charge is 0.481 e. The molecule has 2 unspecified atom stereocenters. The van der Waals surface area contributed by atoms with E-state index in [1.165, 1.54) is 51.4 Å². The first-order chi connectivity index (χ1) is 13.1. The Morgan fingerprint density at radius 2 is 1.79 bits per heavy atom. The first kappa shape index (κ1) is 20.4. The molecule has 4 aliphatic rings. The van der Waals surface area contributed by atoms with Gasteiger partial charge in [-0.05, 0) is 84.9 Å². The minimum absolute atomic E-state index is 0.212. The van der Waals surface area contributed by atoms with Crippen molar-refractivity contribution in [3.05, 3.63) is 0 Å². The zero-order valence-corrected chi connectivity index (χ0v) is 18.4. The monoisotopic (exact) mass is 388 g/mol. The van der Waals surface area contributed by atoms with Gasteiger partial charge < -0.3 is 5.11 Å². The highest BCUT2D eigenvalue weighted by atomic mass is 16.4.